The molecule has 1 heterocycles. The van der Waals surface area contributed by atoms with Crippen molar-refractivity contribution in [3.63, 3.8) is 0 Å². The molecule has 0 saturated carbocycles. The highest BCUT2D eigenvalue weighted by Gasteiger charge is 2.35. The van der Waals surface area contributed by atoms with Gasteiger partial charge >= 0.3 is 6.18 Å². The molecule has 1 aliphatic rings. The summed E-state index contributed by atoms with van der Waals surface area (Å²) in [7, 11) is 1.33. The van der Waals surface area contributed by atoms with E-state index in [9.17, 15) is 18.0 Å². The van der Waals surface area contributed by atoms with Crippen LogP contribution in [0.25, 0.3) is 6.08 Å². The standard InChI is InChI=1S/C19H12F3N3O3S/c1-27-15-7-10(8-16-17(26)25-18(24)29-16)2-5-14(15)28-13-4-3-11(9-23)6-12(13)19(20,21)22/h2-8H,1H3,(H2,24,25,26)/b16-8+. The van der Waals surface area contributed by atoms with Gasteiger partial charge in [0.15, 0.2) is 16.7 Å². The lowest BCUT2D eigenvalue weighted by Crippen LogP contribution is -2.18. The van der Waals surface area contributed by atoms with Crippen LogP contribution in [0.5, 0.6) is 17.2 Å². The number of carbonyl (C=O) groups is 1. The third kappa shape index (κ3) is 4.52. The van der Waals surface area contributed by atoms with Crippen LogP contribution in [0.3, 0.4) is 0 Å². The van der Waals surface area contributed by atoms with Crippen molar-refractivity contribution < 1.29 is 27.4 Å². The first-order valence-electron chi connectivity index (χ1n) is 7.98. The van der Waals surface area contributed by atoms with Crippen molar-refractivity contribution in [1.82, 2.24) is 5.32 Å². The Morgan fingerprint density at radius 3 is 2.48 bits per heavy atom. The highest BCUT2D eigenvalue weighted by molar-refractivity contribution is 8.18. The zero-order valence-electron chi connectivity index (χ0n) is 14.8. The number of methoxy groups -OCH3 is 1. The van der Waals surface area contributed by atoms with Gasteiger partial charge in [0, 0.05) is 0 Å². The largest absolute Gasteiger partial charge is 0.493 e. The van der Waals surface area contributed by atoms with Crippen LogP contribution in [0.4, 0.5) is 13.2 Å². The number of carbonyl (C=O) groups excluding carboxylic acids is 1. The van der Waals surface area contributed by atoms with E-state index in [2.05, 4.69) is 5.32 Å². The van der Waals surface area contributed by atoms with Gasteiger partial charge in [-0.05, 0) is 53.7 Å². The number of rotatable bonds is 4. The number of ether oxygens (including phenoxy) is 2. The van der Waals surface area contributed by atoms with E-state index in [1.807, 2.05) is 0 Å². The minimum Gasteiger partial charge on any atom is -0.493 e. The molecule has 148 valence electrons. The number of nitrogens with one attached hydrogen (secondary N) is 2. The molecule has 0 radical (unpaired) electrons. The number of alkyl halides is 3. The van der Waals surface area contributed by atoms with Crippen LogP contribution in [0.1, 0.15) is 16.7 Å². The maximum Gasteiger partial charge on any atom is 0.420 e. The summed E-state index contributed by atoms with van der Waals surface area (Å²) < 4.78 is 50.6. The second-order valence-corrected chi connectivity index (χ2v) is 6.78. The maximum atomic E-state index is 13.3. The summed E-state index contributed by atoms with van der Waals surface area (Å²) in [6.45, 7) is 0. The molecule has 0 aliphatic carbocycles. The number of benzene rings is 2. The molecule has 10 heteroatoms. The number of amidine groups is 1. The summed E-state index contributed by atoms with van der Waals surface area (Å²) in [4.78, 5) is 12.0. The number of thioether (sulfide) groups is 1. The average Bonchev–Trinajstić information content (AvgIpc) is 2.99. The molecule has 1 amide bonds. The molecule has 0 unspecified atom stereocenters. The number of hydrogen-bond acceptors (Lipinski definition) is 6. The van der Waals surface area contributed by atoms with E-state index in [1.54, 1.807) is 6.07 Å². The molecule has 3 rings (SSSR count). The predicted molar refractivity (Wildman–Crippen MR) is 101 cm³/mol. The van der Waals surface area contributed by atoms with E-state index in [0.717, 1.165) is 17.8 Å². The Kier molecular flexibility index (Phi) is 5.52. The molecular formula is C19H12F3N3O3S. The third-order valence-corrected chi connectivity index (χ3v) is 4.61. The highest BCUT2D eigenvalue weighted by atomic mass is 32.2. The third-order valence-electron chi connectivity index (χ3n) is 3.78. The quantitative estimate of drug-likeness (QED) is 0.711. The maximum absolute atomic E-state index is 13.3. The molecule has 1 saturated heterocycles. The first-order chi connectivity index (χ1) is 13.7. The Bertz CT molecular complexity index is 1070. The normalized spacial score (nSPS) is 15.2. The molecule has 2 N–H and O–H groups in total. The SMILES string of the molecule is COc1cc(/C=C2/SC(=N)NC2=O)ccc1Oc1ccc(C#N)cc1C(F)(F)F. The number of amides is 1. The van der Waals surface area contributed by atoms with E-state index >= 15 is 0 Å². The number of nitriles is 1. The molecule has 0 bridgehead atoms. The van der Waals surface area contributed by atoms with Gasteiger partial charge in [0.25, 0.3) is 5.91 Å². The van der Waals surface area contributed by atoms with Crippen molar-refractivity contribution in [3.05, 3.63) is 58.0 Å². The van der Waals surface area contributed by atoms with Gasteiger partial charge in [-0.2, -0.15) is 18.4 Å². The summed E-state index contributed by atoms with van der Waals surface area (Å²) >= 11 is 0.957. The molecule has 2 aromatic carbocycles. The summed E-state index contributed by atoms with van der Waals surface area (Å²) in [5.74, 6) is -0.705. The lowest BCUT2D eigenvalue weighted by Gasteiger charge is -2.16. The van der Waals surface area contributed by atoms with Crippen molar-refractivity contribution in [2.24, 2.45) is 0 Å². The van der Waals surface area contributed by atoms with Gasteiger partial charge in [0.05, 0.1) is 29.2 Å². The Hall–Kier alpha value is -3.45. The molecule has 29 heavy (non-hydrogen) atoms. The number of hydrogen-bond donors (Lipinski definition) is 2. The van der Waals surface area contributed by atoms with Gasteiger partial charge in [-0.3, -0.25) is 10.2 Å². The first-order valence-corrected chi connectivity index (χ1v) is 8.79. The van der Waals surface area contributed by atoms with Gasteiger partial charge in [0.1, 0.15) is 5.75 Å². The van der Waals surface area contributed by atoms with Crippen molar-refractivity contribution >= 4 is 28.9 Å². The number of halogens is 3. The number of nitrogens with zero attached hydrogens (tertiary/aromatic N) is 1. The smallest absolute Gasteiger partial charge is 0.420 e. The molecule has 0 atom stereocenters. The van der Waals surface area contributed by atoms with Gasteiger partial charge in [-0.15, -0.1) is 0 Å². The van der Waals surface area contributed by atoms with E-state index in [0.29, 0.717) is 16.5 Å². The van der Waals surface area contributed by atoms with Crippen LogP contribution < -0.4 is 14.8 Å². The fraction of sp³-hybridized carbons (Fsp3) is 0.105. The van der Waals surface area contributed by atoms with Crippen LogP contribution in [0.2, 0.25) is 0 Å². The zero-order valence-corrected chi connectivity index (χ0v) is 15.6. The van der Waals surface area contributed by atoms with E-state index in [-0.39, 0.29) is 22.2 Å². The van der Waals surface area contributed by atoms with Crippen LogP contribution in [-0.4, -0.2) is 18.2 Å². The van der Waals surface area contributed by atoms with Gasteiger partial charge in [-0.25, -0.2) is 0 Å². The fourth-order valence-corrected chi connectivity index (χ4v) is 3.18. The van der Waals surface area contributed by atoms with E-state index in [1.165, 1.54) is 37.5 Å². The second-order valence-electron chi connectivity index (χ2n) is 5.73. The topological polar surface area (TPSA) is 95.2 Å². The van der Waals surface area contributed by atoms with E-state index in [4.69, 9.17) is 20.1 Å². The van der Waals surface area contributed by atoms with Gasteiger partial charge in [0.2, 0.25) is 0 Å². The molecule has 1 fully saturated rings. The highest BCUT2D eigenvalue weighted by Crippen LogP contribution is 2.41. The summed E-state index contributed by atoms with van der Waals surface area (Å²) in [5, 5.41) is 18.6. The molecule has 6 nitrogen and oxygen atoms in total. The zero-order chi connectivity index (χ0) is 21.2. The Morgan fingerprint density at radius 1 is 1.17 bits per heavy atom. The van der Waals surface area contributed by atoms with Gasteiger partial charge < -0.3 is 14.8 Å². The van der Waals surface area contributed by atoms with Crippen LogP contribution >= 0.6 is 11.8 Å². The monoisotopic (exact) mass is 419 g/mol. The van der Waals surface area contributed by atoms with Crippen LogP contribution in [-0.2, 0) is 11.0 Å². The van der Waals surface area contributed by atoms with E-state index < -0.39 is 23.4 Å². The second kappa shape index (κ2) is 7.89. The van der Waals surface area contributed by atoms with Crippen LogP contribution in [0, 0.1) is 16.7 Å². The van der Waals surface area contributed by atoms with Crippen molar-refractivity contribution in [2.75, 3.05) is 7.11 Å². The van der Waals surface area contributed by atoms with Crippen LogP contribution in [0.15, 0.2) is 41.3 Å². The molecule has 2 aromatic rings. The van der Waals surface area contributed by atoms with Crippen molar-refractivity contribution in [3.8, 4) is 23.3 Å². The minimum absolute atomic E-state index is 0.00802. The fourth-order valence-electron chi connectivity index (χ4n) is 2.48. The minimum atomic E-state index is -4.71. The summed E-state index contributed by atoms with van der Waals surface area (Å²) in [6.07, 6.45) is -3.19. The van der Waals surface area contributed by atoms with Gasteiger partial charge in [-0.1, -0.05) is 6.07 Å². The Morgan fingerprint density at radius 2 is 1.90 bits per heavy atom. The summed E-state index contributed by atoms with van der Waals surface area (Å²) in [6, 6.07) is 9.12. The molecule has 0 spiro atoms. The predicted octanol–water partition coefficient (Wildman–Crippen LogP) is 4.52. The lowest BCUT2D eigenvalue weighted by molar-refractivity contribution is -0.138. The first kappa shape index (κ1) is 20.3. The van der Waals surface area contributed by atoms with Crippen molar-refractivity contribution in [2.45, 2.75) is 6.18 Å². The van der Waals surface area contributed by atoms with Crippen molar-refractivity contribution in [1.29, 1.82) is 10.7 Å². The lowest BCUT2D eigenvalue weighted by atomic mass is 10.1. The molecule has 1 aliphatic heterocycles. The molecule has 0 aromatic heterocycles. The molecular weight excluding hydrogens is 407 g/mol. The Balaban J connectivity index is 1.95. The average molecular weight is 419 g/mol. The Labute approximate surface area is 167 Å². The summed E-state index contributed by atoms with van der Waals surface area (Å²) in [5.41, 5.74) is -0.684.